The zero-order valence-corrected chi connectivity index (χ0v) is 20.9. The quantitative estimate of drug-likeness (QED) is 0.187. The molecule has 0 aliphatic rings. The first-order valence-corrected chi connectivity index (χ1v) is 13.1. The Bertz CT molecular complexity index is 919. The van der Waals surface area contributed by atoms with E-state index >= 15 is 0 Å². The molecule has 0 saturated heterocycles. The van der Waals surface area contributed by atoms with Gasteiger partial charge in [0, 0.05) is 11.1 Å². The Morgan fingerprint density at radius 1 is 0.588 bits per heavy atom. The Kier molecular flexibility index (Phi) is 11.5. The fourth-order valence-corrected chi connectivity index (χ4v) is 3.82. The molecule has 0 bridgehead atoms. The monoisotopic (exact) mass is 464 g/mol. The van der Waals surface area contributed by atoms with Crippen molar-refractivity contribution < 1.29 is 14.0 Å². The van der Waals surface area contributed by atoms with Gasteiger partial charge in [-0.1, -0.05) is 76.8 Å². The van der Waals surface area contributed by atoms with Crippen LogP contribution in [0.1, 0.15) is 84.5 Å². The van der Waals surface area contributed by atoms with Crippen LogP contribution in [-0.4, -0.2) is 23.4 Å². The van der Waals surface area contributed by atoms with Crippen LogP contribution in [0, 0.1) is 0 Å². The van der Waals surface area contributed by atoms with E-state index in [0.29, 0.717) is 11.7 Å². The molecule has 0 aliphatic carbocycles. The largest absolute Gasteiger partial charge is 0.494 e. The molecule has 0 spiro atoms. The lowest BCUT2D eigenvalue weighted by molar-refractivity contribution is 0.304. The number of rotatable bonds is 17. The normalized spacial score (nSPS) is 11.0. The third-order valence-corrected chi connectivity index (χ3v) is 5.92. The maximum Gasteiger partial charge on any atom is 0.258 e. The molecule has 2 aromatic carbocycles. The topological polar surface area (TPSA) is 57.4 Å². The lowest BCUT2D eigenvalue weighted by Gasteiger charge is -2.06. The fraction of sp³-hybridized carbons (Fsp3) is 0.517. The SMILES string of the molecule is CCCCCCCCOc1ccc(-c2nc(-c3ccc(OCCCCCCC)cc3)no2)cc1. The van der Waals surface area contributed by atoms with Gasteiger partial charge >= 0.3 is 0 Å². The number of aromatic nitrogens is 2. The minimum Gasteiger partial charge on any atom is -0.494 e. The van der Waals surface area contributed by atoms with E-state index in [1.807, 2.05) is 48.5 Å². The van der Waals surface area contributed by atoms with Crippen LogP contribution in [0.15, 0.2) is 53.1 Å². The minimum absolute atomic E-state index is 0.505. The fourth-order valence-electron chi connectivity index (χ4n) is 3.82. The Hall–Kier alpha value is -2.82. The van der Waals surface area contributed by atoms with Crippen molar-refractivity contribution in [2.45, 2.75) is 84.5 Å². The molecule has 1 heterocycles. The van der Waals surface area contributed by atoms with Crippen molar-refractivity contribution in [3.8, 4) is 34.3 Å². The van der Waals surface area contributed by atoms with Crippen LogP contribution in [0.4, 0.5) is 0 Å². The van der Waals surface area contributed by atoms with Crippen molar-refractivity contribution in [1.82, 2.24) is 10.1 Å². The molecule has 0 aliphatic heterocycles. The third kappa shape index (κ3) is 8.85. The molecule has 0 radical (unpaired) electrons. The van der Waals surface area contributed by atoms with Crippen LogP contribution in [0.25, 0.3) is 22.8 Å². The second-order valence-electron chi connectivity index (χ2n) is 8.85. The molecular weight excluding hydrogens is 424 g/mol. The predicted molar refractivity (Wildman–Crippen MR) is 138 cm³/mol. The van der Waals surface area contributed by atoms with Gasteiger partial charge in [0.25, 0.3) is 5.89 Å². The van der Waals surface area contributed by atoms with Gasteiger partial charge in [0.1, 0.15) is 11.5 Å². The number of hydrogen-bond acceptors (Lipinski definition) is 5. The molecule has 34 heavy (non-hydrogen) atoms. The van der Waals surface area contributed by atoms with E-state index in [1.54, 1.807) is 0 Å². The molecule has 1 aromatic heterocycles. The van der Waals surface area contributed by atoms with Crippen LogP contribution < -0.4 is 9.47 Å². The summed E-state index contributed by atoms with van der Waals surface area (Å²) in [5, 5.41) is 4.15. The average molecular weight is 465 g/mol. The first kappa shape index (κ1) is 25.8. The average Bonchev–Trinajstić information content (AvgIpc) is 3.37. The zero-order valence-electron chi connectivity index (χ0n) is 20.9. The van der Waals surface area contributed by atoms with E-state index in [-0.39, 0.29) is 0 Å². The van der Waals surface area contributed by atoms with Crippen molar-refractivity contribution in [3.63, 3.8) is 0 Å². The summed E-state index contributed by atoms with van der Waals surface area (Å²) in [4.78, 5) is 4.57. The van der Waals surface area contributed by atoms with Gasteiger partial charge in [-0.05, 0) is 61.4 Å². The second kappa shape index (κ2) is 15.2. The molecule has 0 saturated carbocycles. The van der Waals surface area contributed by atoms with Crippen molar-refractivity contribution in [1.29, 1.82) is 0 Å². The molecule has 0 fully saturated rings. The van der Waals surface area contributed by atoms with Crippen molar-refractivity contribution in [2.24, 2.45) is 0 Å². The van der Waals surface area contributed by atoms with E-state index < -0.39 is 0 Å². The lowest BCUT2D eigenvalue weighted by atomic mass is 10.1. The van der Waals surface area contributed by atoms with E-state index in [2.05, 4.69) is 24.0 Å². The predicted octanol–water partition coefficient (Wildman–Crippen LogP) is 8.49. The Morgan fingerprint density at radius 3 is 1.59 bits per heavy atom. The highest BCUT2D eigenvalue weighted by Crippen LogP contribution is 2.25. The minimum atomic E-state index is 0.505. The first-order chi connectivity index (χ1) is 16.8. The summed E-state index contributed by atoms with van der Waals surface area (Å²) in [5.74, 6) is 2.83. The van der Waals surface area contributed by atoms with Crippen LogP contribution >= 0.6 is 0 Å². The summed E-state index contributed by atoms with van der Waals surface area (Å²) in [6, 6.07) is 15.7. The van der Waals surface area contributed by atoms with Crippen molar-refractivity contribution in [2.75, 3.05) is 13.2 Å². The Morgan fingerprint density at radius 2 is 1.06 bits per heavy atom. The molecule has 0 unspecified atom stereocenters. The first-order valence-electron chi connectivity index (χ1n) is 13.1. The second-order valence-corrected chi connectivity index (χ2v) is 8.85. The van der Waals surface area contributed by atoms with E-state index in [0.717, 1.165) is 48.7 Å². The lowest BCUT2D eigenvalue weighted by Crippen LogP contribution is -1.97. The maximum atomic E-state index is 5.86. The number of hydrogen-bond donors (Lipinski definition) is 0. The van der Waals surface area contributed by atoms with Gasteiger partial charge in [-0.25, -0.2) is 0 Å². The van der Waals surface area contributed by atoms with Gasteiger partial charge in [0.2, 0.25) is 5.82 Å². The van der Waals surface area contributed by atoms with Crippen LogP contribution in [-0.2, 0) is 0 Å². The highest BCUT2D eigenvalue weighted by molar-refractivity contribution is 5.60. The Balaban J connectivity index is 1.43. The van der Waals surface area contributed by atoms with Crippen LogP contribution in [0.5, 0.6) is 11.5 Å². The molecule has 0 N–H and O–H groups in total. The maximum absolute atomic E-state index is 5.86. The number of unbranched alkanes of at least 4 members (excludes halogenated alkanes) is 9. The van der Waals surface area contributed by atoms with Gasteiger partial charge in [-0.3, -0.25) is 0 Å². The highest BCUT2D eigenvalue weighted by atomic mass is 16.5. The van der Waals surface area contributed by atoms with Crippen LogP contribution in [0.3, 0.4) is 0 Å². The number of benzene rings is 2. The molecule has 3 aromatic rings. The van der Waals surface area contributed by atoms with E-state index in [4.69, 9.17) is 14.0 Å². The number of ether oxygens (including phenoxy) is 2. The highest BCUT2D eigenvalue weighted by Gasteiger charge is 2.11. The van der Waals surface area contributed by atoms with Crippen molar-refractivity contribution in [3.05, 3.63) is 48.5 Å². The summed E-state index contributed by atoms with van der Waals surface area (Å²) in [7, 11) is 0. The van der Waals surface area contributed by atoms with Gasteiger partial charge < -0.3 is 14.0 Å². The molecular formula is C29H40N2O3. The molecule has 3 rings (SSSR count). The molecule has 5 heteroatoms. The molecule has 184 valence electrons. The Labute approximate surface area is 204 Å². The van der Waals surface area contributed by atoms with Crippen LogP contribution in [0.2, 0.25) is 0 Å². The van der Waals surface area contributed by atoms with E-state index in [9.17, 15) is 0 Å². The van der Waals surface area contributed by atoms with Gasteiger partial charge in [-0.2, -0.15) is 4.98 Å². The summed E-state index contributed by atoms with van der Waals surface area (Å²) in [6.07, 6.45) is 13.7. The standard InChI is InChI=1S/C29H40N2O3/c1-3-5-7-9-11-13-23-33-27-20-16-25(17-21-27)29-30-28(31-34-29)24-14-18-26(19-15-24)32-22-12-10-8-6-4-2/h14-21H,3-13,22-23H2,1-2H3. The van der Waals surface area contributed by atoms with Crippen molar-refractivity contribution >= 4 is 0 Å². The zero-order chi connectivity index (χ0) is 23.8. The van der Waals surface area contributed by atoms with E-state index in [1.165, 1.54) is 57.8 Å². The summed E-state index contributed by atoms with van der Waals surface area (Å²) < 4.78 is 17.2. The molecule has 0 amide bonds. The van der Waals surface area contributed by atoms with Gasteiger partial charge in [0.05, 0.1) is 13.2 Å². The summed E-state index contributed by atoms with van der Waals surface area (Å²) in [6.45, 7) is 5.99. The number of nitrogens with zero attached hydrogens (tertiary/aromatic N) is 2. The molecule has 0 atom stereocenters. The third-order valence-electron chi connectivity index (χ3n) is 5.92. The van der Waals surface area contributed by atoms with Gasteiger partial charge in [0.15, 0.2) is 0 Å². The summed E-state index contributed by atoms with van der Waals surface area (Å²) >= 11 is 0. The molecule has 5 nitrogen and oxygen atoms in total. The smallest absolute Gasteiger partial charge is 0.258 e. The van der Waals surface area contributed by atoms with Gasteiger partial charge in [-0.15, -0.1) is 0 Å². The summed E-state index contributed by atoms with van der Waals surface area (Å²) in [5.41, 5.74) is 1.79.